The van der Waals surface area contributed by atoms with Crippen molar-refractivity contribution in [3.8, 4) is 0 Å². The molecule has 0 spiro atoms. The summed E-state index contributed by atoms with van der Waals surface area (Å²) in [4.78, 5) is 44.8. The first kappa shape index (κ1) is 22.1. The Labute approximate surface area is 187 Å². The molecule has 0 saturated carbocycles. The number of thioether (sulfide) groups is 1. The van der Waals surface area contributed by atoms with Gasteiger partial charge in [0.05, 0.1) is 18.1 Å². The summed E-state index contributed by atoms with van der Waals surface area (Å²) in [7, 11) is 0. The Morgan fingerprint density at radius 1 is 1.45 bits per heavy atom. The summed E-state index contributed by atoms with van der Waals surface area (Å²) < 4.78 is 0. The van der Waals surface area contributed by atoms with Crippen molar-refractivity contribution >= 4 is 46.0 Å². The van der Waals surface area contributed by atoms with Gasteiger partial charge in [0, 0.05) is 47.6 Å². The lowest BCUT2D eigenvalue weighted by Crippen LogP contribution is -2.63. The van der Waals surface area contributed by atoms with Gasteiger partial charge in [-0.3, -0.25) is 9.59 Å². The van der Waals surface area contributed by atoms with E-state index >= 15 is 0 Å². The molecule has 12 heteroatoms. The van der Waals surface area contributed by atoms with Gasteiger partial charge >= 0.3 is 5.97 Å². The molecule has 3 aliphatic rings. The van der Waals surface area contributed by atoms with Crippen molar-refractivity contribution in [3.63, 3.8) is 0 Å². The van der Waals surface area contributed by atoms with Crippen molar-refractivity contribution in [2.45, 2.75) is 31.2 Å². The highest BCUT2D eigenvalue weighted by Gasteiger charge is 2.60. The Balaban J connectivity index is 1.40. The van der Waals surface area contributed by atoms with E-state index in [9.17, 15) is 24.6 Å². The summed E-state index contributed by atoms with van der Waals surface area (Å²) in [5, 5.41) is 25.0. The molecule has 0 radical (unpaired) electrons. The topological polar surface area (TPSA) is 149 Å². The van der Waals surface area contributed by atoms with Crippen LogP contribution in [0.15, 0.2) is 16.0 Å². The number of rotatable bonds is 8. The van der Waals surface area contributed by atoms with Crippen molar-refractivity contribution in [3.05, 3.63) is 21.7 Å². The number of fused-ring (bicyclic) bond motifs is 1. The molecule has 4 atom stereocenters. The van der Waals surface area contributed by atoms with Crippen LogP contribution in [0.2, 0.25) is 0 Å². The molecule has 168 valence electrons. The number of thiazole rings is 1. The number of aliphatic hydroxyl groups is 1. The van der Waals surface area contributed by atoms with Gasteiger partial charge in [-0.05, 0) is 6.92 Å². The highest BCUT2D eigenvalue weighted by Crippen LogP contribution is 2.52. The maximum Gasteiger partial charge on any atom is 0.353 e. The first-order chi connectivity index (χ1) is 14.7. The van der Waals surface area contributed by atoms with E-state index in [-0.39, 0.29) is 34.7 Å². The average Bonchev–Trinajstić information content (AvgIpc) is 3.24. The number of aliphatic hydroxyl groups excluding tert-OH is 1. The minimum atomic E-state index is -1.11. The molecule has 1 aromatic heterocycles. The Bertz CT molecular complexity index is 942. The smallest absolute Gasteiger partial charge is 0.353 e. The minimum Gasteiger partial charge on any atom is -0.477 e. The van der Waals surface area contributed by atoms with Gasteiger partial charge in [0.1, 0.15) is 11.4 Å². The van der Waals surface area contributed by atoms with Crippen LogP contribution in [0.3, 0.4) is 0 Å². The third-order valence-electron chi connectivity index (χ3n) is 5.88. The second kappa shape index (κ2) is 8.41. The number of β-lactam (4-membered cyclic amide) rings is 1. The average molecular weight is 468 g/mol. The van der Waals surface area contributed by atoms with E-state index in [1.165, 1.54) is 28.0 Å². The molecule has 0 bridgehead atoms. The zero-order chi connectivity index (χ0) is 22.4. The number of carbonyl (C=O) groups excluding carboxylic acids is 2. The number of carboxylic acid groups (broad SMARTS) is 1. The molecular weight excluding hydrogens is 442 g/mol. The first-order valence-electron chi connectivity index (χ1n) is 10.1. The largest absolute Gasteiger partial charge is 0.477 e. The van der Waals surface area contributed by atoms with E-state index in [4.69, 9.17) is 5.73 Å². The Kier molecular flexibility index (Phi) is 5.99. The molecule has 1 aromatic rings. The van der Waals surface area contributed by atoms with Crippen LogP contribution in [-0.4, -0.2) is 81.5 Å². The summed E-state index contributed by atoms with van der Waals surface area (Å²) >= 11 is 2.88. The van der Waals surface area contributed by atoms with Gasteiger partial charge in [-0.2, -0.15) is 0 Å². The number of hydrogen-bond acceptors (Lipinski definition) is 9. The highest BCUT2D eigenvalue weighted by molar-refractivity contribution is 8.03. The standard InChI is InChI=1S/C19H25N5O5S2/c1-8-13-12(9(2)25)17(27)24(13)14(18(28)29)15(8)31-10-5-23(6-10)19-22-11(7-30-19)16(26)21-4-3-20/h7-10,12-13,25H,3-6,20H2,1-2H3,(H,21,26)(H,28,29)/t8-,9-,12?,13?/m1/s1. The van der Waals surface area contributed by atoms with Crippen molar-refractivity contribution in [1.29, 1.82) is 0 Å². The number of hydrogen-bond donors (Lipinski definition) is 4. The maximum absolute atomic E-state index is 12.4. The van der Waals surface area contributed by atoms with E-state index in [0.717, 1.165) is 5.13 Å². The molecule has 2 unspecified atom stereocenters. The lowest BCUT2D eigenvalue weighted by molar-refractivity contribution is -0.163. The lowest BCUT2D eigenvalue weighted by atomic mass is 9.79. The summed E-state index contributed by atoms with van der Waals surface area (Å²) in [5.41, 5.74) is 5.80. The Morgan fingerprint density at radius 3 is 2.77 bits per heavy atom. The zero-order valence-electron chi connectivity index (χ0n) is 17.1. The quantitative estimate of drug-likeness (QED) is 0.385. The molecule has 2 fully saturated rings. The van der Waals surface area contributed by atoms with Gasteiger partial charge in [0.2, 0.25) is 5.91 Å². The number of carboxylic acids is 1. The fourth-order valence-electron chi connectivity index (χ4n) is 4.32. The van der Waals surface area contributed by atoms with Crippen molar-refractivity contribution in [2.75, 3.05) is 31.1 Å². The summed E-state index contributed by atoms with van der Waals surface area (Å²) in [6.45, 7) is 5.58. The fraction of sp³-hybridized carbons (Fsp3) is 0.579. The van der Waals surface area contributed by atoms with Gasteiger partial charge < -0.3 is 31.1 Å². The molecule has 4 rings (SSSR count). The monoisotopic (exact) mass is 467 g/mol. The number of anilines is 1. The number of nitrogens with two attached hydrogens (primary N) is 1. The molecule has 31 heavy (non-hydrogen) atoms. The predicted molar refractivity (Wildman–Crippen MR) is 117 cm³/mol. The number of amides is 2. The van der Waals surface area contributed by atoms with Gasteiger partial charge in [-0.15, -0.1) is 23.1 Å². The number of nitrogens with zero attached hydrogens (tertiary/aromatic N) is 3. The molecule has 5 N–H and O–H groups in total. The lowest BCUT2D eigenvalue weighted by Gasteiger charge is -2.46. The Morgan fingerprint density at radius 2 is 2.16 bits per heavy atom. The minimum absolute atomic E-state index is 0.0518. The number of nitrogens with one attached hydrogen (secondary N) is 1. The van der Waals surface area contributed by atoms with E-state index in [1.54, 1.807) is 12.3 Å². The summed E-state index contributed by atoms with van der Waals surface area (Å²) in [6.07, 6.45) is -0.809. The fourth-order valence-corrected chi connectivity index (χ4v) is 6.66. The predicted octanol–water partition coefficient (Wildman–Crippen LogP) is -0.0929. The maximum atomic E-state index is 12.4. The second-order valence-corrected chi connectivity index (χ2v) is 10.2. The summed E-state index contributed by atoms with van der Waals surface area (Å²) in [5.74, 6) is -2.38. The summed E-state index contributed by atoms with van der Waals surface area (Å²) in [6, 6.07) is -0.300. The van der Waals surface area contributed by atoms with Gasteiger partial charge in [0.25, 0.3) is 5.91 Å². The second-order valence-electron chi connectivity index (χ2n) is 7.98. The van der Waals surface area contributed by atoms with Crippen LogP contribution in [0.1, 0.15) is 24.3 Å². The van der Waals surface area contributed by atoms with E-state index in [0.29, 0.717) is 36.8 Å². The van der Waals surface area contributed by atoms with Gasteiger partial charge in [0.15, 0.2) is 5.13 Å². The molecule has 0 aliphatic carbocycles. The van der Waals surface area contributed by atoms with E-state index in [2.05, 4.69) is 10.3 Å². The first-order valence-corrected chi connectivity index (χ1v) is 11.8. The third-order valence-corrected chi connectivity index (χ3v) is 8.23. The molecule has 2 saturated heterocycles. The normalized spacial score (nSPS) is 26.5. The van der Waals surface area contributed by atoms with Crippen molar-refractivity contribution in [1.82, 2.24) is 15.2 Å². The van der Waals surface area contributed by atoms with Crippen LogP contribution in [0.5, 0.6) is 0 Å². The number of carbonyl (C=O) groups is 3. The SMILES string of the molecule is C[C@@H](O)C1C(=O)N2C(C(=O)O)=C(SC3CN(c4nc(C(=O)NCCN)cs4)C3)[C@H](C)C12. The zero-order valence-corrected chi connectivity index (χ0v) is 18.8. The van der Waals surface area contributed by atoms with E-state index < -0.39 is 18.0 Å². The molecule has 10 nitrogen and oxygen atoms in total. The third kappa shape index (κ3) is 3.71. The Hall–Kier alpha value is -2.15. The van der Waals surface area contributed by atoms with E-state index in [1.807, 2.05) is 11.8 Å². The number of aliphatic carboxylic acids is 1. The number of aromatic nitrogens is 1. The van der Waals surface area contributed by atoms with Crippen molar-refractivity contribution in [2.24, 2.45) is 17.6 Å². The molecule has 2 amide bonds. The van der Waals surface area contributed by atoms with Gasteiger partial charge in [-0.25, -0.2) is 9.78 Å². The van der Waals surface area contributed by atoms with Crippen LogP contribution in [0.4, 0.5) is 5.13 Å². The van der Waals surface area contributed by atoms with Crippen LogP contribution in [0, 0.1) is 11.8 Å². The molecule has 3 aliphatic heterocycles. The van der Waals surface area contributed by atoms with Crippen LogP contribution >= 0.6 is 23.1 Å². The van der Waals surface area contributed by atoms with Gasteiger partial charge in [-0.1, -0.05) is 6.92 Å². The van der Waals surface area contributed by atoms with Crippen LogP contribution in [0.25, 0.3) is 0 Å². The molecule has 0 aromatic carbocycles. The molecule has 4 heterocycles. The molecular formula is C19H25N5O5S2. The highest BCUT2D eigenvalue weighted by atomic mass is 32.2. The van der Waals surface area contributed by atoms with Crippen LogP contribution in [-0.2, 0) is 9.59 Å². The van der Waals surface area contributed by atoms with Crippen LogP contribution < -0.4 is 16.0 Å². The van der Waals surface area contributed by atoms with Crippen molar-refractivity contribution < 1.29 is 24.6 Å².